The molecule has 25 heavy (non-hydrogen) atoms. The van der Waals surface area contributed by atoms with Gasteiger partial charge in [-0.1, -0.05) is 49.9 Å². The minimum Gasteiger partial charge on any atom is -0.380 e. The molecule has 1 amide bonds. The average Bonchev–Trinajstić information content (AvgIpc) is 2.90. The SMILES string of the molecule is Cc1ccccc1CNc1cncc(C(=O)NC2CCCCCC2)c1. The molecule has 2 N–H and O–H groups in total. The van der Waals surface area contributed by atoms with Crippen LogP contribution in [-0.4, -0.2) is 16.9 Å². The van der Waals surface area contributed by atoms with E-state index in [1.807, 2.05) is 18.2 Å². The van der Waals surface area contributed by atoms with E-state index in [9.17, 15) is 4.79 Å². The Morgan fingerprint density at radius 2 is 1.88 bits per heavy atom. The second-order valence-electron chi connectivity index (χ2n) is 6.90. The van der Waals surface area contributed by atoms with Crippen molar-refractivity contribution in [3.63, 3.8) is 0 Å². The molecule has 0 aliphatic heterocycles. The number of pyridine rings is 1. The molecule has 2 aromatic rings. The van der Waals surface area contributed by atoms with E-state index in [0.717, 1.165) is 25.1 Å². The van der Waals surface area contributed by atoms with Gasteiger partial charge < -0.3 is 10.6 Å². The smallest absolute Gasteiger partial charge is 0.253 e. The Morgan fingerprint density at radius 1 is 1.12 bits per heavy atom. The topological polar surface area (TPSA) is 54.0 Å². The van der Waals surface area contributed by atoms with Crippen molar-refractivity contribution in [2.24, 2.45) is 0 Å². The van der Waals surface area contributed by atoms with Gasteiger partial charge >= 0.3 is 0 Å². The third kappa shape index (κ3) is 5.05. The molecule has 4 heteroatoms. The Hall–Kier alpha value is -2.36. The fraction of sp³-hybridized carbons (Fsp3) is 0.429. The lowest BCUT2D eigenvalue weighted by molar-refractivity contribution is 0.0933. The molecule has 4 nitrogen and oxygen atoms in total. The summed E-state index contributed by atoms with van der Waals surface area (Å²) in [7, 11) is 0. The minimum absolute atomic E-state index is 0.0149. The molecule has 1 fully saturated rings. The van der Waals surface area contributed by atoms with E-state index in [2.05, 4.69) is 34.7 Å². The Morgan fingerprint density at radius 3 is 2.64 bits per heavy atom. The maximum atomic E-state index is 12.5. The van der Waals surface area contributed by atoms with E-state index in [-0.39, 0.29) is 5.91 Å². The molecule has 1 aromatic carbocycles. The molecule has 1 aromatic heterocycles. The quantitative estimate of drug-likeness (QED) is 0.792. The van der Waals surface area contributed by atoms with Crippen LogP contribution in [0.2, 0.25) is 0 Å². The van der Waals surface area contributed by atoms with Crippen LogP contribution < -0.4 is 10.6 Å². The molecule has 0 saturated heterocycles. The van der Waals surface area contributed by atoms with Gasteiger partial charge in [0.1, 0.15) is 0 Å². The van der Waals surface area contributed by atoms with Gasteiger partial charge in [-0.25, -0.2) is 0 Å². The highest BCUT2D eigenvalue weighted by Crippen LogP contribution is 2.18. The predicted octanol–water partition coefficient (Wildman–Crippen LogP) is 4.45. The van der Waals surface area contributed by atoms with Crippen molar-refractivity contribution in [3.05, 3.63) is 59.4 Å². The van der Waals surface area contributed by atoms with E-state index < -0.39 is 0 Å². The number of benzene rings is 1. The van der Waals surface area contributed by atoms with Crippen molar-refractivity contribution in [3.8, 4) is 0 Å². The van der Waals surface area contributed by atoms with Gasteiger partial charge in [-0.2, -0.15) is 0 Å². The van der Waals surface area contributed by atoms with E-state index in [1.54, 1.807) is 12.4 Å². The lowest BCUT2D eigenvalue weighted by Gasteiger charge is -2.16. The second-order valence-corrected chi connectivity index (χ2v) is 6.90. The Labute approximate surface area is 150 Å². The first-order valence-corrected chi connectivity index (χ1v) is 9.26. The molecule has 1 aliphatic rings. The van der Waals surface area contributed by atoms with Crippen molar-refractivity contribution in [1.82, 2.24) is 10.3 Å². The van der Waals surface area contributed by atoms with Crippen molar-refractivity contribution in [2.75, 3.05) is 5.32 Å². The molecule has 1 saturated carbocycles. The number of aromatic nitrogens is 1. The van der Waals surface area contributed by atoms with Gasteiger partial charge in [0.05, 0.1) is 11.3 Å². The normalized spacial score (nSPS) is 15.4. The summed E-state index contributed by atoms with van der Waals surface area (Å²) in [5, 5.41) is 6.55. The first kappa shape index (κ1) is 17.5. The third-order valence-corrected chi connectivity index (χ3v) is 4.94. The summed E-state index contributed by atoms with van der Waals surface area (Å²) < 4.78 is 0. The fourth-order valence-corrected chi connectivity index (χ4v) is 3.36. The van der Waals surface area contributed by atoms with E-state index >= 15 is 0 Å². The molecule has 1 heterocycles. The zero-order valence-corrected chi connectivity index (χ0v) is 14.9. The predicted molar refractivity (Wildman–Crippen MR) is 102 cm³/mol. The number of aryl methyl sites for hydroxylation is 1. The fourth-order valence-electron chi connectivity index (χ4n) is 3.36. The van der Waals surface area contributed by atoms with Crippen LogP contribution in [0, 0.1) is 6.92 Å². The molecule has 132 valence electrons. The van der Waals surface area contributed by atoms with E-state index in [1.165, 1.54) is 36.8 Å². The van der Waals surface area contributed by atoms with Crippen LogP contribution in [0.15, 0.2) is 42.7 Å². The van der Waals surface area contributed by atoms with Crippen LogP contribution in [0.3, 0.4) is 0 Å². The van der Waals surface area contributed by atoms with Gasteiger partial charge in [0, 0.05) is 25.0 Å². The highest BCUT2D eigenvalue weighted by Gasteiger charge is 2.16. The summed E-state index contributed by atoms with van der Waals surface area (Å²) in [6, 6.07) is 10.5. The molecule has 0 atom stereocenters. The number of rotatable bonds is 5. The standard InChI is InChI=1S/C21H27N3O/c1-16-8-6-7-9-17(16)14-23-20-12-18(13-22-15-20)21(25)24-19-10-4-2-3-5-11-19/h6-9,12-13,15,19,23H,2-5,10-11,14H2,1H3,(H,24,25). The first-order valence-electron chi connectivity index (χ1n) is 9.26. The summed E-state index contributed by atoms with van der Waals surface area (Å²) in [5.74, 6) is -0.0149. The zero-order chi connectivity index (χ0) is 17.5. The van der Waals surface area contributed by atoms with Crippen LogP contribution in [0.5, 0.6) is 0 Å². The number of nitrogens with one attached hydrogen (secondary N) is 2. The van der Waals surface area contributed by atoms with E-state index in [0.29, 0.717) is 11.6 Å². The van der Waals surface area contributed by atoms with Crippen molar-refractivity contribution in [1.29, 1.82) is 0 Å². The highest BCUT2D eigenvalue weighted by atomic mass is 16.1. The Bertz CT molecular complexity index is 706. The Kier molecular flexibility index (Phi) is 6.04. The summed E-state index contributed by atoms with van der Waals surface area (Å²) in [6.45, 7) is 2.83. The number of carbonyl (C=O) groups excluding carboxylic acids is 1. The van der Waals surface area contributed by atoms with E-state index in [4.69, 9.17) is 0 Å². The second kappa shape index (κ2) is 8.65. The molecular formula is C21H27N3O. The minimum atomic E-state index is -0.0149. The largest absolute Gasteiger partial charge is 0.380 e. The maximum absolute atomic E-state index is 12.5. The maximum Gasteiger partial charge on any atom is 0.253 e. The Balaban J connectivity index is 1.60. The molecule has 1 aliphatic carbocycles. The molecule has 3 rings (SSSR count). The first-order chi connectivity index (χ1) is 12.2. The van der Waals surface area contributed by atoms with Crippen LogP contribution in [0.25, 0.3) is 0 Å². The van der Waals surface area contributed by atoms with Crippen LogP contribution in [-0.2, 0) is 6.54 Å². The van der Waals surface area contributed by atoms with Crippen LogP contribution >= 0.6 is 0 Å². The van der Waals surface area contributed by atoms with Gasteiger partial charge in [-0.15, -0.1) is 0 Å². The lowest BCUT2D eigenvalue weighted by Crippen LogP contribution is -2.34. The average molecular weight is 337 g/mol. The van der Waals surface area contributed by atoms with Crippen LogP contribution in [0.4, 0.5) is 5.69 Å². The number of hydrogen-bond donors (Lipinski definition) is 2. The van der Waals surface area contributed by atoms with Crippen molar-refractivity contribution < 1.29 is 4.79 Å². The van der Waals surface area contributed by atoms with Crippen molar-refractivity contribution >= 4 is 11.6 Å². The lowest BCUT2D eigenvalue weighted by atomic mass is 10.1. The van der Waals surface area contributed by atoms with Gasteiger partial charge in [-0.3, -0.25) is 9.78 Å². The molecule has 0 unspecified atom stereocenters. The summed E-state index contributed by atoms with van der Waals surface area (Å²) >= 11 is 0. The summed E-state index contributed by atoms with van der Waals surface area (Å²) in [5.41, 5.74) is 4.00. The molecular weight excluding hydrogens is 310 g/mol. The van der Waals surface area contributed by atoms with Gasteiger partial charge in [0.2, 0.25) is 0 Å². The van der Waals surface area contributed by atoms with Gasteiger partial charge in [0.15, 0.2) is 0 Å². The number of anilines is 1. The molecule has 0 radical (unpaired) electrons. The molecule has 0 bridgehead atoms. The van der Waals surface area contributed by atoms with Gasteiger partial charge in [0.25, 0.3) is 5.91 Å². The summed E-state index contributed by atoms with van der Waals surface area (Å²) in [4.78, 5) is 16.8. The number of hydrogen-bond acceptors (Lipinski definition) is 3. The zero-order valence-electron chi connectivity index (χ0n) is 14.9. The number of carbonyl (C=O) groups is 1. The summed E-state index contributed by atoms with van der Waals surface area (Å²) in [6.07, 6.45) is 10.6. The number of amides is 1. The number of nitrogens with zero attached hydrogens (tertiary/aromatic N) is 1. The third-order valence-electron chi connectivity index (χ3n) is 4.94. The van der Waals surface area contributed by atoms with Gasteiger partial charge in [-0.05, 0) is 37.0 Å². The molecule has 0 spiro atoms. The van der Waals surface area contributed by atoms with Crippen molar-refractivity contribution in [2.45, 2.75) is 58.0 Å². The highest BCUT2D eigenvalue weighted by molar-refractivity contribution is 5.94. The monoisotopic (exact) mass is 337 g/mol. The van der Waals surface area contributed by atoms with Crippen LogP contribution in [0.1, 0.15) is 60.0 Å².